The molecule has 0 spiro atoms. The molecule has 0 saturated carbocycles. The van der Waals surface area contributed by atoms with E-state index >= 15 is 0 Å². The summed E-state index contributed by atoms with van der Waals surface area (Å²) in [6.45, 7) is 5.49. The Bertz CT molecular complexity index is 492. The zero-order valence-corrected chi connectivity index (χ0v) is 12.2. The first-order chi connectivity index (χ1) is 9.04. The molecule has 1 rings (SSSR count). The topological polar surface area (TPSA) is 47.3 Å². The summed E-state index contributed by atoms with van der Waals surface area (Å²) < 4.78 is 0. The lowest BCUT2D eigenvalue weighted by Gasteiger charge is -2.25. The van der Waals surface area contributed by atoms with E-state index in [1.54, 1.807) is 35.0 Å². The van der Waals surface area contributed by atoms with Crippen LogP contribution in [0.2, 0.25) is 5.02 Å². The molecule has 0 aromatic heterocycles. The number of rotatable bonds is 5. The third-order valence-corrected chi connectivity index (χ3v) is 3.32. The molecule has 19 heavy (non-hydrogen) atoms. The predicted octanol–water partition coefficient (Wildman–Crippen LogP) is 2.52. The molecule has 0 aliphatic heterocycles. The highest BCUT2D eigenvalue weighted by Crippen LogP contribution is 2.25. The molecule has 0 heterocycles. The molecule has 4 nitrogen and oxygen atoms in total. The Morgan fingerprint density at radius 2 is 2.00 bits per heavy atom. The van der Waals surface area contributed by atoms with Crippen molar-refractivity contribution >= 4 is 23.2 Å². The molecule has 0 saturated heterocycles. The minimum absolute atomic E-state index is 0.0383. The quantitative estimate of drug-likeness (QED) is 0.832. The molecule has 0 fully saturated rings. The van der Waals surface area contributed by atoms with Crippen LogP contribution in [0.1, 0.15) is 19.4 Å². The lowest BCUT2D eigenvalue weighted by Crippen LogP contribution is -2.39. The van der Waals surface area contributed by atoms with Crippen molar-refractivity contribution in [3.05, 3.63) is 28.8 Å². The van der Waals surface area contributed by atoms with Crippen LogP contribution in [-0.2, 0) is 4.79 Å². The predicted molar refractivity (Wildman–Crippen MR) is 77.4 cm³/mol. The summed E-state index contributed by atoms with van der Waals surface area (Å²) in [7, 11) is 1.79. The highest BCUT2D eigenvalue weighted by Gasteiger charge is 2.16. The summed E-state index contributed by atoms with van der Waals surface area (Å²) in [6.07, 6.45) is 0. The first kappa shape index (κ1) is 15.3. The number of likely N-dealkylation sites (N-methyl/N-ethyl adjacent to an activating group) is 2. The molecule has 5 heteroatoms. The number of nitriles is 1. The Kier molecular flexibility index (Phi) is 5.65. The number of carbonyl (C=O) groups is 1. The minimum Gasteiger partial charge on any atom is -0.364 e. The molecule has 0 radical (unpaired) electrons. The molecule has 0 aliphatic rings. The first-order valence-corrected chi connectivity index (χ1v) is 6.60. The fourth-order valence-electron chi connectivity index (χ4n) is 1.91. The Hall–Kier alpha value is -1.73. The Morgan fingerprint density at radius 3 is 2.53 bits per heavy atom. The van der Waals surface area contributed by atoms with Crippen LogP contribution < -0.4 is 4.90 Å². The van der Waals surface area contributed by atoms with Gasteiger partial charge in [0, 0.05) is 20.1 Å². The van der Waals surface area contributed by atoms with Gasteiger partial charge in [-0.1, -0.05) is 17.7 Å². The monoisotopic (exact) mass is 279 g/mol. The van der Waals surface area contributed by atoms with Crippen LogP contribution in [0.15, 0.2) is 18.2 Å². The average Bonchev–Trinajstić information content (AvgIpc) is 2.39. The van der Waals surface area contributed by atoms with Crippen molar-refractivity contribution in [3.63, 3.8) is 0 Å². The van der Waals surface area contributed by atoms with Crippen molar-refractivity contribution in [2.24, 2.45) is 0 Å². The summed E-state index contributed by atoms with van der Waals surface area (Å²) >= 11 is 5.98. The van der Waals surface area contributed by atoms with Gasteiger partial charge in [-0.2, -0.15) is 5.26 Å². The second-order valence-corrected chi connectivity index (χ2v) is 4.58. The molecule has 0 bridgehead atoms. The van der Waals surface area contributed by atoms with Gasteiger partial charge in [-0.05, 0) is 26.0 Å². The molecule has 0 unspecified atom stereocenters. The third kappa shape index (κ3) is 3.62. The first-order valence-electron chi connectivity index (χ1n) is 6.22. The van der Waals surface area contributed by atoms with Gasteiger partial charge in [-0.15, -0.1) is 0 Å². The molecule has 1 aromatic carbocycles. The molecular weight excluding hydrogens is 262 g/mol. The van der Waals surface area contributed by atoms with Gasteiger partial charge in [0.15, 0.2) is 0 Å². The number of anilines is 1. The molecule has 1 amide bonds. The van der Waals surface area contributed by atoms with Gasteiger partial charge in [0.2, 0.25) is 5.91 Å². The van der Waals surface area contributed by atoms with Gasteiger partial charge in [-0.3, -0.25) is 4.79 Å². The van der Waals surface area contributed by atoms with Crippen LogP contribution in [0.4, 0.5) is 5.69 Å². The number of benzene rings is 1. The van der Waals surface area contributed by atoms with Crippen molar-refractivity contribution in [1.82, 2.24) is 4.90 Å². The smallest absolute Gasteiger partial charge is 0.242 e. The SMILES string of the molecule is CCN(CC)C(=O)CN(C)c1cccc(Cl)c1C#N. The normalized spacial score (nSPS) is 9.84. The lowest BCUT2D eigenvalue weighted by atomic mass is 10.2. The molecule has 1 aromatic rings. The van der Waals surface area contributed by atoms with Crippen molar-refractivity contribution in [2.75, 3.05) is 31.6 Å². The highest BCUT2D eigenvalue weighted by molar-refractivity contribution is 6.32. The Morgan fingerprint density at radius 1 is 1.37 bits per heavy atom. The minimum atomic E-state index is 0.0383. The van der Waals surface area contributed by atoms with Gasteiger partial charge in [0.25, 0.3) is 0 Å². The average molecular weight is 280 g/mol. The fraction of sp³-hybridized carbons (Fsp3) is 0.429. The third-order valence-electron chi connectivity index (χ3n) is 3.00. The molecule has 0 N–H and O–H groups in total. The van der Waals surface area contributed by atoms with E-state index in [-0.39, 0.29) is 12.5 Å². The van der Waals surface area contributed by atoms with Gasteiger partial charge >= 0.3 is 0 Å². The number of hydrogen-bond donors (Lipinski definition) is 0. The lowest BCUT2D eigenvalue weighted by molar-refractivity contribution is -0.129. The zero-order valence-electron chi connectivity index (χ0n) is 11.5. The van der Waals surface area contributed by atoms with Crippen LogP contribution in [-0.4, -0.2) is 37.5 Å². The van der Waals surface area contributed by atoms with Crippen LogP contribution in [0.3, 0.4) is 0 Å². The number of hydrogen-bond acceptors (Lipinski definition) is 3. The number of carbonyl (C=O) groups excluding carboxylic acids is 1. The summed E-state index contributed by atoms with van der Waals surface area (Å²) in [6, 6.07) is 7.31. The summed E-state index contributed by atoms with van der Waals surface area (Å²) in [5.41, 5.74) is 1.08. The maximum Gasteiger partial charge on any atom is 0.242 e. The van der Waals surface area contributed by atoms with E-state index in [9.17, 15) is 4.79 Å². The van der Waals surface area contributed by atoms with E-state index in [0.717, 1.165) is 0 Å². The van der Waals surface area contributed by atoms with Crippen LogP contribution in [0.25, 0.3) is 0 Å². The molecule has 0 aliphatic carbocycles. The second-order valence-electron chi connectivity index (χ2n) is 4.17. The molecular formula is C14H18ClN3O. The van der Waals surface area contributed by atoms with E-state index in [0.29, 0.717) is 29.4 Å². The van der Waals surface area contributed by atoms with E-state index in [4.69, 9.17) is 16.9 Å². The van der Waals surface area contributed by atoms with E-state index < -0.39 is 0 Å². The highest BCUT2D eigenvalue weighted by atomic mass is 35.5. The van der Waals surface area contributed by atoms with Crippen molar-refractivity contribution < 1.29 is 4.79 Å². The van der Waals surface area contributed by atoms with Crippen LogP contribution in [0.5, 0.6) is 0 Å². The summed E-state index contributed by atoms with van der Waals surface area (Å²) in [4.78, 5) is 15.6. The van der Waals surface area contributed by atoms with Crippen LogP contribution in [0, 0.1) is 11.3 Å². The molecule has 0 atom stereocenters. The summed E-state index contributed by atoms with van der Waals surface area (Å²) in [5, 5.41) is 9.53. The maximum absolute atomic E-state index is 12.0. The maximum atomic E-state index is 12.0. The largest absolute Gasteiger partial charge is 0.364 e. The number of amides is 1. The number of halogens is 1. The van der Waals surface area contributed by atoms with E-state index in [1.165, 1.54) is 0 Å². The van der Waals surface area contributed by atoms with Crippen LogP contribution >= 0.6 is 11.6 Å². The van der Waals surface area contributed by atoms with Gasteiger partial charge in [0.1, 0.15) is 6.07 Å². The van der Waals surface area contributed by atoms with E-state index in [2.05, 4.69) is 6.07 Å². The number of nitrogens with zero attached hydrogens (tertiary/aromatic N) is 3. The van der Waals surface area contributed by atoms with Crippen molar-refractivity contribution in [1.29, 1.82) is 5.26 Å². The second kappa shape index (κ2) is 7.01. The Balaban J connectivity index is 2.91. The zero-order chi connectivity index (χ0) is 14.4. The van der Waals surface area contributed by atoms with Gasteiger partial charge in [0.05, 0.1) is 22.8 Å². The standard InChI is InChI=1S/C14H18ClN3O/c1-4-18(5-2)14(19)10-17(3)13-8-6-7-12(15)11(13)9-16/h6-8H,4-5,10H2,1-3H3. The van der Waals surface area contributed by atoms with Crippen molar-refractivity contribution in [2.45, 2.75) is 13.8 Å². The van der Waals surface area contributed by atoms with Gasteiger partial charge in [-0.25, -0.2) is 0 Å². The van der Waals surface area contributed by atoms with E-state index in [1.807, 2.05) is 13.8 Å². The van der Waals surface area contributed by atoms with Crippen molar-refractivity contribution in [3.8, 4) is 6.07 Å². The Labute approximate surface area is 119 Å². The molecule has 102 valence electrons. The summed E-state index contributed by atoms with van der Waals surface area (Å²) in [5.74, 6) is 0.0383. The fourth-order valence-corrected chi connectivity index (χ4v) is 2.12. The van der Waals surface area contributed by atoms with Gasteiger partial charge < -0.3 is 9.80 Å².